The third-order valence-corrected chi connectivity index (χ3v) is 4.29. The topological polar surface area (TPSA) is 55.8 Å². The van der Waals surface area contributed by atoms with Crippen molar-refractivity contribution in [2.75, 3.05) is 13.2 Å². The van der Waals surface area contributed by atoms with E-state index in [2.05, 4.69) is 0 Å². The Morgan fingerprint density at radius 1 is 1.10 bits per heavy atom. The van der Waals surface area contributed by atoms with Crippen LogP contribution in [0.25, 0.3) is 0 Å². The van der Waals surface area contributed by atoms with E-state index in [0.717, 1.165) is 25.7 Å². The predicted octanol–water partition coefficient (Wildman–Crippen LogP) is 2.57. The van der Waals surface area contributed by atoms with Gasteiger partial charge in [-0.3, -0.25) is 4.79 Å². The van der Waals surface area contributed by atoms with Crippen LogP contribution in [-0.4, -0.2) is 42.4 Å². The molecule has 0 amide bonds. The molecular weight excluding hydrogens is 256 g/mol. The summed E-state index contributed by atoms with van der Waals surface area (Å²) in [5, 5.41) is 9.50. The summed E-state index contributed by atoms with van der Waals surface area (Å²) >= 11 is 0. The number of ketones is 1. The van der Waals surface area contributed by atoms with Gasteiger partial charge < -0.3 is 14.6 Å². The summed E-state index contributed by atoms with van der Waals surface area (Å²) in [6, 6.07) is 0. The van der Waals surface area contributed by atoms with Crippen LogP contribution in [0.4, 0.5) is 0 Å². The van der Waals surface area contributed by atoms with Gasteiger partial charge in [-0.05, 0) is 26.7 Å². The smallest absolute Gasteiger partial charge is 0.134 e. The Balaban J connectivity index is 2.39. The van der Waals surface area contributed by atoms with E-state index in [0.29, 0.717) is 13.2 Å². The van der Waals surface area contributed by atoms with Gasteiger partial charge >= 0.3 is 0 Å². The Hall–Kier alpha value is -0.450. The highest BCUT2D eigenvalue weighted by atomic mass is 16.5. The quantitative estimate of drug-likeness (QED) is 0.745. The van der Waals surface area contributed by atoms with E-state index >= 15 is 0 Å². The van der Waals surface area contributed by atoms with Crippen LogP contribution in [0.5, 0.6) is 0 Å². The molecule has 0 heterocycles. The number of carbonyl (C=O) groups is 1. The summed E-state index contributed by atoms with van der Waals surface area (Å²) < 4.78 is 11.8. The van der Waals surface area contributed by atoms with Crippen molar-refractivity contribution in [2.24, 2.45) is 11.8 Å². The zero-order valence-corrected chi connectivity index (χ0v) is 13.3. The first-order valence-corrected chi connectivity index (χ1v) is 7.83. The Morgan fingerprint density at radius 2 is 1.60 bits per heavy atom. The fourth-order valence-electron chi connectivity index (χ4n) is 2.24. The zero-order valence-electron chi connectivity index (χ0n) is 13.3. The lowest BCUT2D eigenvalue weighted by Gasteiger charge is -2.33. The molecule has 0 spiro atoms. The van der Waals surface area contributed by atoms with Gasteiger partial charge in [-0.2, -0.15) is 0 Å². The lowest BCUT2D eigenvalue weighted by atomic mass is 9.94. The molecule has 1 aliphatic rings. The maximum absolute atomic E-state index is 11.2. The minimum atomic E-state index is -0.351. The van der Waals surface area contributed by atoms with E-state index in [1.807, 2.05) is 13.8 Å². The second kappa shape index (κ2) is 8.75. The van der Waals surface area contributed by atoms with E-state index in [1.165, 1.54) is 0 Å². The Morgan fingerprint density at radius 3 is 2.05 bits per heavy atom. The van der Waals surface area contributed by atoms with Gasteiger partial charge in [0.05, 0.1) is 31.5 Å². The molecule has 1 aliphatic carbocycles. The number of hydrogen-bond donors (Lipinski definition) is 1. The van der Waals surface area contributed by atoms with Gasteiger partial charge in [-0.15, -0.1) is 0 Å². The van der Waals surface area contributed by atoms with Gasteiger partial charge in [-0.1, -0.05) is 26.7 Å². The highest BCUT2D eigenvalue weighted by molar-refractivity contribution is 5.77. The standard InChI is InChI=1S/C16H30O4/c1-11(13(3)17)9-19-15-7-5-6-8-16(15)20-10-12(2)14(4)18/h11-13,15-17H,5-10H2,1-4H3. The molecule has 20 heavy (non-hydrogen) atoms. The normalized spacial score (nSPS) is 27.9. The molecule has 0 radical (unpaired) electrons. The molecule has 1 rings (SSSR count). The molecule has 0 bridgehead atoms. The molecular formula is C16H30O4. The third-order valence-electron chi connectivity index (χ3n) is 4.29. The van der Waals surface area contributed by atoms with Gasteiger partial charge in [0.25, 0.3) is 0 Å². The van der Waals surface area contributed by atoms with Gasteiger partial charge in [0.1, 0.15) is 5.78 Å². The van der Waals surface area contributed by atoms with E-state index in [1.54, 1.807) is 13.8 Å². The van der Waals surface area contributed by atoms with Gasteiger partial charge in [0.2, 0.25) is 0 Å². The van der Waals surface area contributed by atoms with Crippen LogP contribution >= 0.6 is 0 Å². The highest BCUT2D eigenvalue weighted by Gasteiger charge is 2.28. The first-order valence-electron chi connectivity index (χ1n) is 7.83. The van der Waals surface area contributed by atoms with Gasteiger partial charge in [0, 0.05) is 11.8 Å². The molecule has 0 saturated heterocycles. The maximum atomic E-state index is 11.2. The molecule has 1 fully saturated rings. The fourth-order valence-corrected chi connectivity index (χ4v) is 2.24. The largest absolute Gasteiger partial charge is 0.393 e. The Kier molecular flexibility index (Phi) is 7.70. The molecule has 0 aromatic rings. The molecule has 5 atom stereocenters. The average molecular weight is 286 g/mol. The molecule has 0 aliphatic heterocycles. The van der Waals surface area contributed by atoms with Crippen LogP contribution < -0.4 is 0 Å². The second-order valence-electron chi connectivity index (χ2n) is 6.26. The van der Waals surface area contributed by atoms with E-state index < -0.39 is 0 Å². The highest BCUT2D eigenvalue weighted by Crippen LogP contribution is 2.25. The van der Waals surface area contributed by atoms with E-state index in [4.69, 9.17) is 9.47 Å². The van der Waals surface area contributed by atoms with Crippen LogP contribution in [0.2, 0.25) is 0 Å². The molecule has 4 heteroatoms. The number of hydrogen-bond acceptors (Lipinski definition) is 4. The van der Waals surface area contributed by atoms with Crippen molar-refractivity contribution in [3.63, 3.8) is 0 Å². The van der Waals surface area contributed by atoms with Crippen LogP contribution in [0.3, 0.4) is 0 Å². The molecule has 118 valence electrons. The number of ether oxygens (including phenoxy) is 2. The fraction of sp³-hybridized carbons (Fsp3) is 0.938. The van der Waals surface area contributed by atoms with Gasteiger partial charge in [0.15, 0.2) is 0 Å². The minimum Gasteiger partial charge on any atom is -0.393 e. The molecule has 0 aromatic carbocycles. The summed E-state index contributed by atoms with van der Waals surface area (Å²) in [5.41, 5.74) is 0. The van der Waals surface area contributed by atoms with Crippen LogP contribution in [0.15, 0.2) is 0 Å². The molecule has 5 unspecified atom stereocenters. The Bertz CT molecular complexity index is 290. The molecule has 1 N–H and O–H groups in total. The number of carbonyl (C=O) groups excluding carboxylic acids is 1. The summed E-state index contributed by atoms with van der Waals surface area (Å²) in [7, 11) is 0. The predicted molar refractivity (Wildman–Crippen MR) is 78.6 cm³/mol. The number of aliphatic hydroxyl groups is 1. The van der Waals surface area contributed by atoms with Crippen LogP contribution in [-0.2, 0) is 14.3 Å². The van der Waals surface area contributed by atoms with Gasteiger partial charge in [-0.25, -0.2) is 0 Å². The first-order chi connectivity index (χ1) is 9.41. The Labute approximate surface area is 122 Å². The van der Waals surface area contributed by atoms with Crippen molar-refractivity contribution in [1.82, 2.24) is 0 Å². The number of aliphatic hydroxyl groups excluding tert-OH is 1. The monoisotopic (exact) mass is 286 g/mol. The second-order valence-corrected chi connectivity index (χ2v) is 6.26. The lowest BCUT2D eigenvalue weighted by Crippen LogP contribution is -2.37. The SMILES string of the molecule is CC(=O)C(C)COC1CCCCC1OCC(C)C(C)O. The third kappa shape index (κ3) is 5.90. The molecule has 1 saturated carbocycles. The van der Waals surface area contributed by atoms with Crippen molar-refractivity contribution in [2.45, 2.75) is 71.7 Å². The van der Waals surface area contributed by atoms with Crippen molar-refractivity contribution in [3.8, 4) is 0 Å². The zero-order chi connectivity index (χ0) is 15.1. The summed E-state index contributed by atoms with van der Waals surface area (Å²) in [4.78, 5) is 11.2. The summed E-state index contributed by atoms with van der Waals surface area (Å²) in [6.45, 7) is 8.32. The summed E-state index contributed by atoms with van der Waals surface area (Å²) in [5.74, 6) is 0.253. The van der Waals surface area contributed by atoms with Crippen LogP contribution in [0, 0.1) is 11.8 Å². The lowest BCUT2D eigenvalue weighted by molar-refractivity contribution is -0.130. The van der Waals surface area contributed by atoms with Crippen molar-refractivity contribution in [3.05, 3.63) is 0 Å². The van der Waals surface area contributed by atoms with E-state index in [9.17, 15) is 9.90 Å². The maximum Gasteiger partial charge on any atom is 0.134 e. The first kappa shape index (κ1) is 17.6. The average Bonchev–Trinajstić information content (AvgIpc) is 2.42. The molecule has 0 aromatic heterocycles. The summed E-state index contributed by atoms with van der Waals surface area (Å²) in [6.07, 6.45) is 4.16. The van der Waals surface area contributed by atoms with Crippen LogP contribution in [0.1, 0.15) is 53.4 Å². The number of rotatable bonds is 8. The number of Topliss-reactive ketones (excluding diaryl/α,β-unsaturated/α-hetero) is 1. The van der Waals surface area contributed by atoms with Crippen molar-refractivity contribution < 1.29 is 19.4 Å². The van der Waals surface area contributed by atoms with E-state index in [-0.39, 0.29) is 35.9 Å². The molecule has 4 nitrogen and oxygen atoms in total. The van der Waals surface area contributed by atoms with Crippen molar-refractivity contribution >= 4 is 5.78 Å². The minimum absolute atomic E-state index is 0.0473. The van der Waals surface area contributed by atoms with Crippen molar-refractivity contribution in [1.29, 1.82) is 0 Å².